The van der Waals surface area contributed by atoms with Crippen LogP contribution in [-0.2, 0) is 11.3 Å². The molecule has 1 fully saturated rings. The third kappa shape index (κ3) is 4.94. The highest BCUT2D eigenvalue weighted by atomic mass is 16.5. The number of aromatic nitrogens is 3. The Kier molecular flexibility index (Phi) is 6.57. The van der Waals surface area contributed by atoms with Gasteiger partial charge in [-0.1, -0.05) is 42.3 Å². The van der Waals surface area contributed by atoms with Crippen LogP contribution in [-0.4, -0.2) is 34.2 Å². The van der Waals surface area contributed by atoms with E-state index in [1.54, 1.807) is 23.8 Å². The number of fused-ring (bicyclic) bond motifs is 1. The van der Waals surface area contributed by atoms with E-state index in [4.69, 9.17) is 9.72 Å². The molecule has 3 heterocycles. The molecule has 2 aromatic heterocycles. The summed E-state index contributed by atoms with van der Waals surface area (Å²) >= 11 is 0. The lowest BCUT2D eigenvalue weighted by atomic mass is 10.1. The molecule has 2 N–H and O–H groups in total. The molecular formula is C28H27N5O2. The Morgan fingerprint density at radius 2 is 2.03 bits per heavy atom. The second-order valence-electron chi connectivity index (χ2n) is 8.53. The lowest BCUT2D eigenvalue weighted by molar-refractivity contribution is 0.0277. The predicted molar refractivity (Wildman–Crippen MR) is 138 cm³/mol. The number of pyridine rings is 1. The van der Waals surface area contributed by atoms with Crippen molar-refractivity contribution in [2.45, 2.75) is 26.5 Å². The second kappa shape index (κ2) is 10.1. The fraction of sp³-hybridized carbons (Fsp3) is 0.250. The Balaban J connectivity index is 1.49. The van der Waals surface area contributed by atoms with Crippen LogP contribution in [0, 0.1) is 18.8 Å². The summed E-state index contributed by atoms with van der Waals surface area (Å²) in [5.41, 5.74) is 5.00. The van der Waals surface area contributed by atoms with Gasteiger partial charge in [0.1, 0.15) is 5.65 Å². The van der Waals surface area contributed by atoms with Gasteiger partial charge in [0, 0.05) is 30.4 Å². The minimum absolute atomic E-state index is 0.0611. The van der Waals surface area contributed by atoms with Crippen LogP contribution in [0.25, 0.3) is 11.0 Å². The van der Waals surface area contributed by atoms with Crippen molar-refractivity contribution in [1.29, 1.82) is 0 Å². The van der Waals surface area contributed by atoms with Gasteiger partial charge >= 0.3 is 0 Å². The molecule has 1 atom stereocenters. The molecule has 1 aliphatic heterocycles. The van der Waals surface area contributed by atoms with Crippen molar-refractivity contribution in [3.8, 4) is 11.8 Å². The average molecular weight is 466 g/mol. The zero-order chi connectivity index (χ0) is 24.2. The van der Waals surface area contributed by atoms with Crippen LogP contribution in [0.4, 0.5) is 11.6 Å². The molecule has 0 spiro atoms. The number of benzene rings is 2. The van der Waals surface area contributed by atoms with E-state index in [1.807, 2.05) is 55.5 Å². The quantitative estimate of drug-likeness (QED) is 0.435. The van der Waals surface area contributed by atoms with Gasteiger partial charge in [-0.15, -0.1) is 5.92 Å². The highest BCUT2D eigenvalue weighted by molar-refractivity contribution is 5.77. The Morgan fingerprint density at radius 1 is 1.20 bits per heavy atom. The maximum atomic E-state index is 13.3. The normalized spacial score (nSPS) is 15.4. The van der Waals surface area contributed by atoms with Gasteiger partial charge in [-0.05, 0) is 48.7 Å². The van der Waals surface area contributed by atoms with Gasteiger partial charge in [0.05, 0.1) is 24.8 Å². The number of anilines is 2. The van der Waals surface area contributed by atoms with Crippen molar-refractivity contribution < 1.29 is 4.74 Å². The molecule has 1 unspecified atom stereocenters. The first-order valence-corrected chi connectivity index (χ1v) is 11.7. The minimum Gasteiger partial charge on any atom is -0.371 e. The first-order valence-electron chi connectivity index (χ1n) is 11.7. The van der Waals surface area contributed by atoms with Gasteiger partial charge in [0.15, 0.2) is 0 Å². The third-order valence-electron chi connectivity index (χ3n) is 6.14. The molecule has 0 aliphatic carbocycles. The summed E-state index contributed by atoms with van der Waals surface area (Å²) in [6, 6.07) is 17.9. The summed E-state index contributed by atoms with van der Waals surface area (Å²) in [7, 11) is 0. The van der Waals surface area contributed by atoms with Crippen molar-refractivity contribution in [3.05, 3.63) is 93.4 Å². The number of morpholine rings is 1. The van der Waals surface area contributed by atoms with Crippen LogP contribution in [0.3, 0.4) is 0 Å². The number of nitrogens with zero attached hydrogens (tertiary/aromatic N) is 3. The minimum atomic E-state index is -0.162. The SMILES string of the molecule is CC#Cc1cc2cnc(Nc3ccc(C4CNCCO4)cc3)nc2n(Cc2ccccc2C)c1=O. The van der Waals surface area contributed by atoms with Crippen LogP contribution >= 0.6 is 0 Å². The summed E-state index contributed by atoms with van der Waals surface area (Å²) in [5.74, 6) is 6.19. The number of hydrogen-bond acceptors (Lipinski definition) is 6. The van der Waals surface area contributed by atoms with Gasteiger partial charge in [-0.3, -0.25) is 9.36 Å². The van der Waals surface area contributed by atoms with Crippen molar-refractivity contribution in [2.24, 2.45) is 0 Å². The molecule has 4 aromatic rings. The monoisotopic (exact) mass is 465 g/mol. The van der Waals surface area contributed by atoms with E-state index in [-0.39, 0.29) is 11.7 Å². The van der Waals surface area contributed by atoms with Crippen molar-refractivity contribution in [3.63, 3.8) is 0 Å². The molecule has 35 heavy (non-hydrogen) atoms. The number of nitrogens with one attached hydrogen (secondary N) is 2. The lowest BCUT2D eigenvalue weighted by Crippen LogP contribution is -2.33. The molecule has 0 amide bonds. The standard InChI is InChI=1S/C28H27N5O2/c1-3-6-21-15-23-16-30-28(31-24-11-9-20(10-12-24)25-17-29-13-14-35-25)32-26(23)33(27(21)34)18-22-8-5-4-7-19(22)2/h4-5,7-12,15-16,25,29H,13-14,17-18H2,1-2H3,(H,30,31,32). The molecule has 7 nitrogen and oxygen atoms in total. The average Bonchev–Trinajstić information content (AvgIpc) is 2.89. The molecule has 2 aromatic carbocycles. The molecule has 0 bridgehead atoms. The lowest BCUT2D eigenvalue weighted by Gasteiger charge is -2.24. The van der Waals surface area contributed by atoms with Gasteiger partial charge in [-0.25, -0.2) is 4.98 Å². The smallest absolute Gasteiger partial charge is 0.268 e. The van der Waals surface area contributed by atoms with E-state index in [9.17, 15) is 4.79 Å². The highest BCUT2D eigenvalue weighted by Crippen LogP contribution is 2.23. The summed E-state index contributed by atoms with van der Waals surface area (Å²) in [4.78, 5) is 22.5. The Hall–Kier alpha value is -3.99. The van der Waals surface area contributed by atoms with E-state index in [0.29, 0.717) is 30.3 Å². The maximum Gasteiger partial charge on any atom is 0.268 e. The van der Waals surface area contributed by atoms with Gasteiger partial charge in [0.2, 0.25) is 5.95 Å². The fourth-order valence-electron chi connectivity index (χ4n) is 4.24. The molecule has 5 rings (SSSR count). The molecule has 0 saturated carbocycles. The molecule has 7 heteroatoms. The van der Waals surface area contributed by atoms with Gasteiger partial charge in [0.25, 0.3) is 5.56 Å². The number of rotatable bonds is 5. The fourth-order valence-corrected chi connectivity index (χ4v) is 4.24. The molecule has 1 saturated heterocycles. The largest absolute Gasteiger partial charge is 0.371 e. The highest BCUT2D eigenvalue weighted by Gasteiger charge is 2.16. The Bertz CT molecular complexity index is 1480. The summed E-state index contributed by atoms with van der Waals surface area (Å²) in [6.45, 7) is 6.58. The topological polar surface area (TPSA) is 81.1 Å². The van der Waals surface area contributed by atoms with E-state index in [2.05, 4.69) is 27.5 Å². The third-order valence-corrected chi connectivity index (χ3v) is 6.14. The van der Waals surface area contributed by atoms with Crippen molar-refractivity contribution in [2.75, 3.05) is 25.0 Å². The first-order chi connectivity index (χ1) is 17.1. The summed E-state index contributed by atoms with van der Waals surface area (Å²) in [6.07, 6.45) is 1.79. The Morgan fingerprint density at radius 3 is 2.77 bits per heavy atom. The number of aryl methyl sites for hydroxylation is 1. The van der Waals surface area contributed by atoms with E-state index >= 15 is 0 Å². The van der Waals surface area contributed by atoms with Crippen molar-refractivity contribution in [1.82, 2.24) is 19.9 Å². The Labute approximate surface area is 204 Å². The van der Waals surface area contributed by atoms with Gasteiger partial charge in [-0.2, -0.15) is 4.98 Å². The van der Waals surface area contributed by atoms with E-state index in [0.717, 1.165) is 40.9 Å². The van der Waals surface area contributed by atoms with Crippen LogP contribution in [0.2, 0.25) is 0 Å². The van der Waals surface area contributed by atoms with Crippen LogP contribution in [0.15, 0.2) is 65.6 Å². The zero-order valence-corrected chi connectivity index (χ0v) is 19.8. The molecular weight excluding hydrogens is 438 g/mol. The maximum absolute atomic E-state index is 13.3. The van der Waals surface area contributed by atoms with E-state index in [1.165, 1.54) is 0 Å². The predicted octanol–water partition coefficient (Wildman–Crippen LogP) is 3.92. The van der Waals surface area contributed by atoms with Crippen LogP contribution < -0.4 is 16.2 Å². The molecule has 1 aliphatic rings. The van der Waals surface area contributed by atoms with Gasteiger partial charge < -0.3 is 15.4 Å². The van der Waals surface area contributed by atoms with E-state index < -0.39 is 0 Å². The first kappa shape index (κ1) is 22.8. The summed E-state index contributed by atoms with van der Waals surface area (Å²) < 4.78 is 7.51. The summed E-state index contributed by atoms with van der Waals surface area (Å²) in [5, 5.41) is 7.38. The van der Waals surface area contributed by atoms with Crippen molar-refractivity contribution >= 4 is 22.7 Å². The number of ether oxygens (including phenoxy) is 1. The molecule has 0 radical (unpaired) electrons. The van der Waals surface area contributed by atoms with Crippen LogP contribution in [0.1, 0.15) is 35.3 Å². The second-order valence-corrected chi connectivity index (χ2v) is 8.53. The molecule has 176 valence electrons. The number of hydrogen-bond donors (Lipinski definition) is 2. The zero-order valence-electron chi connectivity index (χ0n) is 19.8. The van der Waals surface area contributed by atoms with Crippen LogP contribution in [0.5, 0.6) is 0 Å².